The first kappa shape index (κ1) is 13.1. The van der Waals surface area contributed by atoms with E-state index in [0.29, 0.717) is 0 Å². The van der Waals surface area contributed by atoms with Crippen LogP contribution in [0.1, 0.15) is 23.8 Å². The number of benzene rings is 1. The van der Waals surface area contributed by atoms with Gasteiger partial charge in [0.1, 0.15) is 11.6 Å². The molecule has 110 valence electrons. The summed E-state index contributed by atoms with van der Waals surface area (Å²) >= 11 is 0. The Balaban J connectivity index is 1.76. The Bertz CT molecular complexity index is 850. The van der Waals surface area contributed by atoms with Crippen molar-refractivity contribution in [3.63, 3.8) is 0 Å². The van der Waals surface area contributed by atoms with Crippen LogP contribution in [0.5, 0.6) is 0 Å². The highest BCUT2D eigenvalue weighted by atomic mass is 15.1. The minimum Gasteiger partial charge on any atom is -0.328 e. The fourth-order valence-corrected chi connectivity index (χ4v) is 3.07. The summed E-state index contributed by atoms with van der Waals surface area (Å²) in [5.41, 5.74) is 4.57. The highest BCUT2D eigenvalue weighted by Gasteiger charge is 2.16. The van der Waals surface area contributed by atoms with E-state index < -0.39 is 0 Å². The molecule has 0 bridgehead atoms. The summed E-state index contributed by atoms with van der Waals surface area (Å²) in [6.07, 6.45) is 9.30. The lowest BCUT2D eigenvalue weighted by molar-refractivity contribution is 0.669. The highest BCUT2D eigenvalue weighted by molar-refractivity contribution is 5.72. The largest absolute Gasteiger partial charge is 0.328 e. The maximum Gasteiger partial charge on any atom is 0.110 e. The molecule has 1 aliphatic rings. The van der Waals surface area contributed by atoms with Crippen molar-refractivity contribution < 1.29 is 0 Å². The predicted octanol–water partition coefficient (Wildman–Crippen LogP) is 3.77. The molecule has 3 aromatic rings. The fourth-order valence-electron chi connectivity index (χ4n) is 3.07. The maximum absolute atomic E-state index is 4.77. The molecule has 0 amide bonds. The molecule has 2 aromatic heterocycles. The van der Waals surface area contributed by atoms with Crippen LogP contribution in [0, 0.1) is 13.8 Å². The van der Waals surface area contributed by atoms with Gasteiger partial charge in [-0.2, -0.15) is 0 Å². The molecule has 0 aliphatic carbocycles. The number of hydrogen-bond donors (Lipinski definition) is 0. The summed E-state index contributed by atoms with van der Waals surface area (Å²) in [5.74, 6) is 2.08. The van der Waals surface area contributed by atoms with Crippen LogP contribution >= 0.6 is 0 Å². The summed E-state index contributed by atoms with van der Waals surface area (Å²) < 4.78 is 4.38. The standard InChI is InChI=1S/C18H18N4/c1-13-19-10-12-21(13)16-8-6-15(7-9-16)18-17-5-3-4-11-22(17)14(2)20-18/h3,5-10,12H,4,11H2,1-2H3. The number of nitrogens with zero attached hydrogens (tertiary/aromatic N) is 4. The van der Waals surface area contributed by atoms with Gasteiger partial charge in [0.25, 0.3) is 0 Å². The van der Waals surface area contributed by atoms with Gasteiger partial charge in [0.05, 0.1) is 11.4 Å². The molecule has 0 saturated heterocycles. The first-order valence-electron chi connectivity index (χ1n) is 7.58. The van der Waals surface area contributed by atoms with Gasteiger partial charge in [0.15, 0.2) is 0 Å². The van der Waals surface area contributed by atoms with Crippen molar-refractivity contribution in [2.75, 3.05) is 0 Å². The molecular weight excluding hydrogens is 272 g/mol. The summed E-state index contributed by atoms with van der Waals surface area (Å²) in [6.45, 7) is 5.11. The van der Waals surface area contributed by atoms with Gasteiger partial charge in [0, 0.05) is 30.2 Å². The molecular formula is C18H18N4. The quantitative estimate of drug-likeness (QED) is 0.720. The van der Waals surface area contributed by atoms with E-state index in [1.807, 2.05) is 19.3 Å². The van der Waals surface area contributed by atoms with Gasteiger partial charge >= 0.3 is 0 Å². The van der Waals surface area contributed by atoms with Crippen molar-refractivity contribution in [2.24, 2.45) is 0 Å². The minimum absolute atomic E-state index is 0.992. The molecule has 4 nitrogen and oxygen atoms in total. The topological polar surface area (TPSA) is 35.6 Å². The number of allylic oxidation sites excluding steroid dienone is 1. The molecule has 22 heavy (non-hydrogen) atoms. The predicted molar refractivity (Wildman–Crippen MR) is 87.9 cm³/mol. The first-order chi connectivity index (χ1) is 10.7. The molecule has 0 fully saturated rings. The average molecular weight is 290 g/mol. The molecule has 4 heteroatoms. The number of aromatic nitrogens is 4. The van der Waals surface area contributed by atoms with Crippen LogP contribution < -0.4 is 0 Å². The van der Waals surface area contributed by atoms with Crippen LogP contribution in [0.25, 0.3) is 23.0 Å². The third kappa shape index (κ3) is 1.99. The Morgan fingerprint density at radius 1 is 1.05 bits per heavy atom. The smallest absolute Gasteiger partial charge is 0.110 e. The number of aryl methyl sites for hydroxylation is 2. The molecule has 0 saturated carbocycles. The lowest BCUT2D eigenvalue weighted by atomic mass is 10.1. The second-order valence-electron chi connectivity index (χ2n) is 5.63. The van der Waals surface area contributed by atoms with Gasteiger partial charge < -0.3 is 9.13 Å². The zero-order chi connectivity index (χ0) is 15.1. The summed E-state index contributed by atoms with van der Waals surface area (Å²) in [6, 6.07) is 8.52. The Morgan fingerprint density at radius 2 is 1.86 bits per heavy atom. The van der Waals surface area contributed by atoms with E-state index in [-0.39, 0.29) is 0 Å². The first-order valence-corrected chi connectivity index (χ1v) is 7.58. The molecule has 0 spiro atoms. The van der Waals surface area contributed by atoms with Crippen LogP contribution in [0.4, 0.5) is 0 Å². The fraction of sp³-hybridized carbons (Fsp3) is 0.222. The third-order valence-electron chi connectivity index (χ3n) is 4.24. The molecule has 1 aliphatic heterocycles. The number of hydrogen-bond acceptors (Lipinski definition) is 2. The lowest BCUT2D eigenvalue weighted by Crippen LogP contribution is -2.05. The normalized spacial score (nSPS) is 13.4. The molecule has 0 N–H and O–H groups in total. The second-order valence-corrected chi connectivity index (χ2v) is 5.63. The zero-order valence-electron chi connectivity index (χ0n) is 12.8. The van der Waals surface area contributed by atoms with Crippen molar-refractivity contribution in [2.45, 2.75) is 26.8 Å². The van der Waals surface area contributed by atoms with Crippen molar-refractivity contribution in [1.29, 1.82) is 0 Å². The van der Waals surface area contributed by atoms with E-state index in [4.69, 9.17) is 4.98 Å². The van der Waals surface area contributed by atoms with Gasteiger partial charge in [-0.25, -0.2) is 9.97 Å². The van der Waals surface area contributed by atoms with Crippen LogP contribution in [-0.4, -0.2) is 19.1 Å². The van der Waals surface area contributed by atoms with E-state index >= 15 is 0 Å². The Kier molecular flexibility index (Phi) is 2.96. The summed E-state index contributed by atoms with van der Waals surface area (Å²) in [7, 11) is 0. The van der Waals surface area contributed by atoms with Gasteiger partial charge in [-0.1, -0.05) is 18.2 Å². The Hall–Kier alpha value is -2.62. The average Bonchev–Trinajstić information content (AvgIpc) is 3.12. The van der Waals surface area contributed by atoms with Crippen LogP contribution in [0.3, 0.4) is 0 Å². The molecule has 0 unspecified atom stereocenters. The highest BCUT2D eigenvalue weighted by Crippen LogP contribution is 2.28. The van der Waals surface area contributed by atoms with E-state index in [2.05, 4.69) is 57.5 Å². The van der Waals surface area contributed by atoms with E-state index in [0.717, 1.165) is 41.6 Å². The van der Waals surface area contributed by atoms with Crippen molar-refractivity contribution >= 4 is 6.08 Å². The molecule has 4 rings (SSSR count). The summed E-state index contributed by atoms with van der Waals surface area (Å²) in [4.78, 5) is 9.04. The van der Waals surface area contributed by atoms with Gasteiger partial charge in [0.2, 0.25) is 0 Å². The second kappa shape index (κ2) is 4.98. The molecule has 3 heterocycles. The van der Waals surface area contributed by atoms with Crippen LogP contribution in [0.2, 0.25) is 0 Å². The molecule has 0 atom stereocenters. The van der Waals surface area contributed by atoms with Crippen molar-refractivity contribution in [3.05, 3.63) is 60.1 Å². The third-order valence-corrected chi connectivity index (χ3v) is 4.24. The zero-order valence-corrected chi connectivity index (χ0v) is 12.8. The van der Waals surface area contributed by atoms with E-state index in [1.54, 1.807) is 0 Å². The SMILES string of the molecule is Cc1nccn1-c1ccc(-c2nc(C)n3c2C=CCC3)cc1. The van der Waals surface area contributed by atoms with Crippen LogP contribution in [-0.2, 0) is 6.54 Å². The van der Waals surface area contributed by atoms with E-state index in [1.165, 1.54) is 5.69 Å². The Labute approximate surface area is 129 Å². The van der Waals surface area contributed by atoms with E-state index in [9.17, 15) is 0 Å². The Morgan fingerprint density at radius 3 is 2.59 bits per heavy atom. The van der Waals surface area contributed by atoms with Crippen molar-refractivity contribution in [1.82, 2.24) is 19.1 Å². The number of imidazole rings is 2. The van der Waals surface area contributed by atoms with Gasteiger partial charge in [-0.05, 0) is 38.5 Å². The summed E-state index contributed by atoms with van der Waals surface area (Å²) in [5, 5.41) is 0. The van der Waals surface area contributed by atoms with Gasteiger partial charge in [-0.3, -0.25) is 0 Å². The van der Waals surface area contributed by atoms with Crippen molar-refractivity contribution in [3.8, 4) is 16.9 Å². The van der Waals surface area contributed by atoms with Crippen LogP contribution in [0.15, 0.2) is 42.7 Å². The molecule has 1 aromatic carbocycles. The van der Waals surface area contributed by atoms with Gasteiger partial charge in [-0.15, -0.1) is 0 Å². The minimum atomic E-state index is 0.992. The number of fused-ring (bicyclic) bond motifs is 1. The molecule has 0 radical (unpaired) electrons. The number of rotatable bonds is 2. The monoisotopic (exact) mass is 290 g/mol. The lowest BCUT2D eigenvalue weighted by Gasteiger charge is -2.11. The maximum atomic E-state index is 4.77.